The van der Waals surface area contributed by atoms with E-state index in [-0.39, 0.29) is 24.7 Å². The number of carbonyl (C=O) groups is 2. The van der Waals surface area contributed by atoms with E-state index in [0.29, 0.717) is 6.61 Å². The number of esters is 1. The first-order chi connectivity index (χ1) is 11.5. The van der Waals surface area contributed by atoms with Crippen molar-refractivity contribution in [2.75, 3.05) is 26.9 Å². The SMILES string of the molecule is CC(OCC1CCCO1)C(=O)OCC(=O)N(C)C(C)c1cccs1. The zero-order valence-electron chi connectivity index (χ0n) is 14.4. The van der Waals surface area contributed by atoms with Crippen LogP contribution < -0.4 is 0 Å². The number of nitrogens with zero attached hydrogens (tertiary/aromatic N) is 1. The molecule has 1 aromatic heterocycles. The van der Waals surface area contributed by atoms with Gasteiger partial charge in [-0.3, -0.25) is 4.79 Å². The van der Waals surface area contributed by atoms with Crippen molar-refractivity contribution in [2.45, 2.75) is 44.9 Å². The van der Waals surface area contributed by atoms with Gasteiger partial charge in [0, 0.05) is 18.5 Å². The summed E-state index contributed by atoms with van der Waals surface area (Å²) in [6.45, 7) is 4.41. The molecule has 0 spiro atoms. The van der Waals surface area contributed by atoms with E-state index in [4.69, 9.17) is 14.2 Å². The highest BCUT2D eigenvalue weighted by Gasteiger charge is 2.23. The van der Waals surface area contributed by atoms with Crippen molar-refractivity contribution >= 4 is 23.2 Å². The average Bonchev–Trinajstić information content (AvgIpc) is 3.29. The van der Waals surface area contributed by atoms with Crippen molar-refractivity contribution < 1.29 is 23.8 Å². The molecule has 0 aromatic carbocycles. The minimum absolute atomic E-state index is 0.0515. The Labute approximate surface area is 146 Å². The molecule has 3 unspecified atom stereocenters. The van der Waals surface area contributed by atoms with Crippen molar-refractivity contribution in [3.8, 4) is 0 Å². The molecule has 134 valence electrons. The van der Waals surface area contributed by atoms with Crippen LogP contribution in [0.25, 0.3) is 0 Å². The van der Waals surface area contributed by atoms with Crippen LogP contribution in [0.2, 0.25) is 0 Å². The van der Waals surface area contributed by atoms with Crippen molar-refractivity contribution in [1.82, 2.24) is 4.90 Å². The number of rotatable bonds is 8. The number of hydrogen-bond acceptors (Lipinski definition) is 6. The molecule has 0 bridgehead atoms. The van der Waals surface area contributed by atoms with Gasteiger partial charge in [0.1, 0.15) is 0 Å². The lowest BCUT2D eigenvalue weighted by Gasteiger charge is -2.24. The Morgan fingerprint density at radius 1 is 1.46 bits per heavy atom. The Morgan fingerprint density at radius 2 is 2.25 bits per heavy atom. The first-order valence-corrected chi connectivity index (χ1v) is 9.06. The maximum atomic E-state index is 12.2. The van der Waals surface area contributed by atoms with E-state index >= 15 is 0 Å². The molecule has 1 fully saturated rings. The second kappa shape index (κ2) is 9.15. The Balaban J connectivity index is 1.70. The van der Waals surface area contributed by atoms with E-state index in [9.17, 15) is 9.59 Å². The van der Waals surface area contributed by atoms with Gasteiger partial charge in [-0.1, -0.05) is 6.07 Å². The molecule has 7 heteroatoms. The Morgan fingerprint density at radius 3 is 2.88 bits per heavy atom. The molecule has 24 heavy (non-hydrogen) atoms. The molecule has 1 aliphatic rings. The summed E-state index contributed by atoms with van der Waals surface area (Å²) in [5.41, 5.74) is 0. The number of hydrogen-bond donors (Lipinski definition) is 0. The lowest BCUT2D eigenvalue weighted by Crippen LogP contribution is -2.35. The third-order valence-corrected chi connectivity index (χ3v) is 5.20. The van der Waals surface area contributed by atoms with Crippen molar-refractivity contribution in [1.29, 1.82) is 0 Å². The molecule has 1 amide bonds. The lowest BCUT2D eigenvalue weighted by atomic mass is 10.2. The summed E-state index contributed by atoms with van der Waals surface area (Å²) in [7, 11) is 1.71. The fraction of sp³-hybridized carbons (Fsp3) is 0.647. The predicted octanol–water partition coefficient (Wildman–Crippen LogP) is 2.39. The molecule has 1 aliphatic heterocycles. The molecular weight excluding hydrogens is 330 g/mol. The van der Waals surface area contributed by atoms with Crippen LogP contribution in [0, 0.1) is 0 Å². The minimum atomic E-state index is -0.706. The van der Waals surface area contributed by atoms with Crippen LogP contribution in [0.3, 0.4) is 0 Å². The van der Waals surface area contributed by atoms with Gasteiger partial charge < -0.3 is 19.1 Å². The molecule has 0 aliphatic carbocycles. The maximum Gasteiger partial charge on any atom is 0.335 e. The minimum Gasteiger partial charge on any atom is -0.454 e. The standard InChI is InChI=1S/C17H25NO5S/c1-12(15-7-5-9-24-15)18(3)16(19)11-23-17(20)13(2)22-10-14-6-4-8-21-14/h5,7,9,12-14H,4,6,8,10-11H2,1-3H3. The average molecular weight is 355 g/mol. The number of ether oxygens (including phenoxy) is 3. The lowest BCUT2D eigenvalue weighted by molar-refractivity contribution is -0.162. The van der Waals surface area contributed by atoms with Crippen LogP contribution in [0.4, 0.5) is 0 Å². The van der Waals surface area contributed by atoms with Crippen LogP contribution in [0.15, 0.2) is 17.5 Å². The molecule has 0 radical (unpaired) electrons. The van der Waals surface area contributed by atoms with E-state index in [2.05, 4.69) is 0 Å². The predicted molar refractivity (Wildman–Crippen MR) is 90.9 cm³/mol. The third kappa shape index (κ3) is 5.29. The smallest absolute Gasteiger partial charge is 0.335 e. The van der Waals surface area contributed by atoms with Crippen molar-refractivity contribution in [2.24, 2.45) is 0 Å². The second-order valence-corrected chi connectivity index (χ2v) is 6.89. The van der Waals surface area contributed by atoms with Gasteiger partial charge in [0.25, 0.3) is 5.91 Å². The zero-order valence-corrected chi connectivity index (χ0v) is 15.2. The Kier molecular flexibility index (Phi) is 7.20. The van der Waals surface area contributed by atoms with Crippen LogP contribution in [-0.2, 0) is 23.8 Å². The molecule has 0 saturated carbocycles. The highest BCUT2D eigenvalue weighted by atomic mass is 32.1. The summed E-state index contributed by atoms with van der Waals surface area (Å²) in [5, 5.41) is 1.97. The second-order valence-electron chi connectivity index (χ2n) is 5.91. The van der Waals surface area contributed by atoms with Gasteiger partial charge in [-0.15, -0.1) is 11.3 Å². The van der Waals surface area contributed by atoms with Gasteiger partial charge in [-0.25, -0.2) is 4.79 Å². The summed E-state index contributed by atoms with van der Waals surface area (Å²) >= 11 is 1.59. The molecule has 0 N–H and O–H groups in total. The first kappa shape index (κ1) is 18.9. The quantitative estimate of drug-likeness (QED) is 0.670. The summed E-state index contributed by atoms with van der Waals surface area (Å²) in [5.74, 6) is -0.769. The Bertz CT molecular complexity index is 527. The van der Waals surface area contributed by atoms with Gasteiger partial charge in [-0.05, 0) is 38.1 Å². The molecule has 2 heterocycles. The monoisotopic (exact) mass is 355 g/mol. The van der Waals surface area contributed by atoms with Crippen LogP contribution in [0.1, 0.15) is 37.6 Å². The van der Waals surface area contributed by atoms with Crippen LogP contribution in [0.5, 0.6) is 0 Å². The first-order valence-electron chi connectivity index (χ1n) is 8.18. The fourth-order valence-corrected chi connectivity index (χ4v) is 3.21. The van der Waals surface area contributed by atoms with Gasteiger partial charge in [0.2, 0.25) is 0 Å². The van der Waals surface area contributed by atoms with Gasteiger partial charge >= 0.3 is 5.97 Å². The number of carbonyl (C=O) groups excluding carboxylic acids is 2. The van der Waals surface area contributed by atoms with E-state index in [1.165, 1.54) is 0 Å². The van der Waals surface area contributed by atoms with E-state index in [0.717, 1.165) is 24.3 Å². The summed E-state index contributed by atoms with van der Waals surface area (Å²) in [6.07, 6.45) is 1.32. The van der Waals surface area contributed by atoms with Crippen LogP contribution in [-0.4, -0.2) is 55.9 Å². The highest BCUT2D eigenvalue weighted by Crippen LogP contribution is 2.23. The fourth-order valence-electron chi connectivity index (χ4n) is 2.38. The van der Waals surface area contributed by atoms with Crippen molar-refractivity contribution in [3.63, 3.8) is 0 Å². The zero-order chi connectivity index (χ0) is 17.5. The number of amides is 1. The molecule has 3 atom stereocenters. The van der Waals surface area contributed by atoms with E-state index < -0.39 is 12.1 Å². The molecule has 6 nitrogen and oxygen atoms in total. The van der Waals surface area contributed by atoms with Gasteiger partial charge in [0.05, 0.1) is 18.8 Å². The maximum absolute atomic E-state index is 12.2. The third-order valence-electron chi connectivity index (χ3n) is 4.16. The normalized spacial score (nSPS) is 19.7. The highest BCUT2D eigenvalue weighted by molar-refractivity contribution is 7.10. The summed E-state index contributed by atoms with van der Waals surface area (Å²) in [6, 6.07) is 3.87. The molecule has 1 saturated heterocycles. The molecule has 2 rings (SSSR count). The molecule has 1 aromatic rings. The number of likely N-dealkylation sites (N-methyl/N-ethyl adjacent to an activating group) is 1. The topological polar surface area (TPSA) is 65.1 Å². The number of thiophene rings is 1. The summed E-state index contributed by atoms with van der Waals surface area (Å²) in [4.78, 5) is 26.8. The largest absolute Gasteiger partial charge is 0.454 e. The van der Waals surface area contributed by atoms with E-state index in [1.807, 2.05) is 24.4 Å². The molecular formula is C17H25NO5S. The van der Waals surface area contributed by atoms with Gasteiger partial charge in [-0.2, -0.15) is 0 Å². The Hall–Kier alpha value is -1.44. The van der Waals surface area contributed by atoms with Crippen LogP contribution >= 0.6 is 11.3 Å². The van der Waals surface area contributed by atoms with E-state index in [1.54, 1.807) is 30.2 Å². The van der Waals surface area contributed by atoms with Crippen molar-refractivity contribution in [3.05, 3.63) is 22.4 Å². The summed E-state index contributed by atoms with van der Waals surface area (Å²) < 4.78 is 16.0. The van der Waals surface area contributed by atoms with Gasteiger partial charge in [0.15, 0.2) is 12.7 Å².